The second-order valence-electron chi connectivity index (χ2n) is 4.32. The van der Waals surface area contributed by atoms with E-state index in [9.17, 15) is 9.59 Å². The molecular formula is C14H17NO3. The molecule has 0 saturated heterocycles. The van der Waals surface area contributed by atoms with Crippen LogP contribution in [-0.4, -0.2) is 25.0 Å². The molecule has 0 atom stereocenters. The van der Waals surface area contributed by atoms with Crippen molar-refractivity contribution in [1.82, 2.24) is 5.32 Å². The van der Waals surface area contributed by atoms with Gasteiger partial charge in [0.15, 0.2) is 0 Å². The fraction of sp³-hybridized carbons (Fsp3) is 0.429. The summed E-state index contributed by atoms with van der Waals surface area (Å²) < 4.78 is 4.75. The maximum Gasteiger partial charge on any atom is 0.325 e. The molecule has 0 fully saturated rings. The zero-order valence-electron chi connectivity index (χ0n) is 10.5. The summed E-state index contributed by atoms with van der Waals surface area (Å²) in [6.07, 6.45) is 3.29. The molecule has 0 aromatic heterocycles. The molecule has 0 aliphatic heterocycles. The minimum absolute atomic E-state index is 0.0796. The van der Waals surface area contributed by atoms with Gasteiger partial charge in [-0.15, -0.1) is 0 Å². The third-order valence-corrected chi connectivity index (χ3v) is 3.06. The summed E-state index contributed by atoms with van der Waals surface area (Å²) in [7, 11) is 0. The van der Waals surface area contributed by atoms with Crippen LogP contribution in [0.2, 0.25) is 0 Å². The molecule has 96 valence electrons. The number of nitrogens with one attached hydrogen (secondary N) is 1. The van der Waals surface area contributed by atoms with Crippen LogP contribution in [0.5, 0.6) is 0 Å². The Balaban J connectivity index is 1.95. The number of fused-ring (bicyclic) bond motifs is 1. The van der Waals surface area contributed by atoms with Crippen LogP contribution in [0, 0.1) is 0 Å². The van der Waals surface area contributed by atoms with Crippen molar-refractivity contribution in [1.29, 1.82) is 0 Å². The molecule has 0 bridgehead atoms. The lowest BCUT2D eigenvalue weighted by atomic mass is 10.1. The van der Waals surface area contributed by atoms with Gasteiger partial charge in [-0.05, 0) is 49.4 Å². The molecule has 18 heavy (non-hydrogen) atoms. The number of carbonyl (C=O) groups is 2. The Kier molecular flexibility index (Phi) is 3.97. The summed E-state index contributed by atoms with van der Waals surface area (Å²) in [6, 6.07) is 5.73. The highest BCUT2D eigenvalue weighted by Crippen LogP contribution is 2.22. The van der Waals surface area contributed by atoms with Crippen molar-refractivity contribution in [2.24, 2.45) is 0 Å². The van der Waals surface area contributed by atoms with E-state index in [1.807, 2.05) is 18.2 Å². The smallest absolute Gasteiger partial charge is 0.325 e. The van der Waals surface area contributed by atoms with Gasteiger partial charge in [-0.1, -0.05) is 6.07 Å². The molecule has 1 aliphatic rings. The standard InChI is InChI=1S/C14H17NO3/c1-2-18-13(16)9-15-14(17)12-7-6-10-4-3-5-11(10)8-12/h6-8H,2-5,9H2,1H3,(H,15,17). The van der Waals surface area contributed by atoms with Gasteiger partial charge in [0.25, 0.3) is 5.91 Å². The second kappa shape index (κ2) is 5.67. The van der Waals surface area contributed by atoms with E-state index < -0.39 is 5.97 Å². The minimum atomic E-state index is -0.410. The lowest BCUT2D eigenvalue weighted by molar-refractivity contribution is -0.141. The average Bonchev–Trinajstić information content (AvgIpc) is 2.83. The van der Waals surface area contributed by atoms with Gasteiger partial charge in [-0.25, -0.2) is 0 Å². The van der Waals surface area contributed by atoms with E-state index in [1.165, 1.54) is 11.1 Å². The van der Waals surface area contributed by atoms with Crippen LogP contribution in [0.1, 0.15) is 34.8 Å². The first-order chi connectivity index (χ1) is 8.70. The van der Waals surface area contributed by atoms with Crippen LogP contribution in [0.4, 0.5) is 0 Å². The number of carbonyl (C=O) groups excluding carboxylic acids is 2. The van der Waals surface area contributed by atoms with E-state index in [0.717, 1.165) is 19.3 Å². The first-order valence-electron chi connectivity index (χ1n) is 6.26. The summed E-state index contributed by atoms with van der Waals surface area (Å²) in [5.41, 5.74) is 3.19. The van der Waals surface area contributed by atoms with Gasteiger partial charge in [-0.2, -0.15) is 0 Å². The molecule has 1 N–H and O–H groups in total. The van der Waals surface area contributed by atoms with Gasteiger partial charge in [0.2, 0.25) is 0 Å². The number of rotatable bonds is 4. The van der Waals surface area contributed by atoms with E-state index in [0.29, 0.717) is 12.2 Å². The molecule has 2 rings (SSSR count). The number of hydrogen-bond donors (Lipinski definition) is 1. The Labute approximate surface area is 106 Å². The SMILES string of the molecule is CCOC(=O)CNC(=O)c1ccc2c(c1)CCC2. The Hall–Kier alpha value is -1.84. The Morgan fingerprint density at radius 2 is 2.06 bits per heavy atom. The molecule has 0 spiro atoms. The van der Waals surface area contributed by atoms with Crippen molar-refractivity contribution in [2.45, 2.75) is 26.2 Å². The number of benzene rings is 1. The van der Waals surface area contributed by atoms with E-state index in [4.69, 9.17) is 4.74 Å². The van der Waals surface area contributed by atoms with Crippen LogP contribution >= 0.6 is 0 Å². The van der Waals surface area contributed by atoms with Crippen LogP contribution < -0.4 is 5.32 Å². The second-order valence-corrected chi connectivity index (χ2v) is 4.32. The van der Waals surface area contributed by atoms with Gasteiger partial charge in [0, 0.05) is 5.56 Å². The van der Waals surface area contributed by atoms with Crippen LogP contribution in [0.15, 0.2) is 18.2 Å². The van der Waals surface area contributed by atoms with Crippen LogP contribution in [0.3, 0.4) is 0 Å². The monoisotopic (exact) mass is 247 g/mol. The van der Waals surface area contributed by atoms with Gasteiger partial charge in [-0.3, -0.25) is 9.59 Å². The van der Waals surface area contributed by atoms with E-state index >= 15 is 0 Å². The van der Waals surface area contributed by atoms with Gasteiger partial charge in [0.05, 0.1) is 6.61 Å². The van der Waals surface area contributed by atoms with Crippen molar-refractivity contribution in [2.75, 3.05) is 13.2 Å². The van der Waals surface area contributed by atoms with Gasteiger partial charge >= 0.3 is 5.97 Å². The highest BCUT2D eigenvalue weighted by molar-refractivity contribution is 5.96. The molecule has 0 radical (unpaired) electrons. The molecule has 1 aliphatic carbocycles. The van der Waals surface area contributed by atoms with Crippen molar-refractivity contribution >= 4 is 11.9 Å². The highest BCUT2D eigenvalue weighted by atomic mass is 16.5. The number of esters is 1. The van der Waals surface area contributed by atoms with Crippen molar-refractivity contribution in [3.63, 3.8) is 0 Å². The largest absolute Gasteiger partial charge is 0.465 e. The Morgan fingerprint density at radius 3 is 2.83 bits per heavy atom. The average molecular weight is 247 g/mol. The molecule has 0 unspecified atom stereocenters. The zero-order chi connectivity index (χ0) is 13.0. The van der Waals surface area contributed by atoms with Gasteiger partial charge < -0.3 is 10.1 Å². The van der Waals surface area contributed by atoms with Crippen molar-refractivity contribution < 1.29 is 14.3 Å². The van der Waals surface area contributed by atoms with E-state index in [1.54, 1.807) is 6.92 Å². The zero-order valence-corrected chi connectivity index (χ0v) is 10.5. The maximum atomic E-state index is 11.8. The van der Waals surface area contributed by atoms with Crippen LogP contribution in [0.25, 0.3) is 0 Å². The lowest BCUT2D eigenvalue weighted by Gasteiger charge is -2.06. The quantitative estimate of drug-likeness (QED) is 0.820. The fourth-order valence-corrected chi connectivity index (χ4v) is 2.18. The topological polar surface area (TPSA) is 55.4 Å². The first-order valence-corrected chi connectivity index (χ1v) is 6.26. The molecule has 4 heteroatoms. The summed E-state index contributed by atoms with van der Waals surface area (Å²) in [5, 5.41) is 2.56. The molecule has 1 aromatic carbocycles. The minimum Gasteiger partial charge on any atom is -0.465 e. The maximum absolute atomic E-state index is 11.8. The molecule has 1 aromatic rings. The molecule has 4 nitrogen and oxygen atoms in total. The summed E-state index contributed by atoms with van der Waals surface area (Å²) >= 11 is 0. The highest BCUT2D eigenvalue weighted by Gasteiger charge is 2.14. The fourth-order valence-electron chi connectivity index (χ4n) is 2.18. The number of hydrogen-bond acceptors (Lipinski definition) is 3. The van der Waals surface area contributed by atoms with E-state index in [2.05, 4.69) is 5.32 Å². The molecule has 1 amide bonds. The lowest BCUT2D eigenvalue weighted by Crippen LogP contribution is -2.30. The third kappa shape index (κ3) is 2.88. The van der Waals surface area contributed by atoms with Gasteiger partial charge in [0.1, 0.15) is 6.54 Å². The molecule has 0 heterocycles. The van der Waals surface area contributed by atoms with Crippen molar-refractivity contribution in [3.8, 4) is 0 Å². The van der Waals surface area contributed by atoms with Crippen LogP contribution in [-0.2, 0) is 22.4 Å². The predicted molar refractivity (Wildman–Crippen MR) is 67.4 cm³/mol. The summed E-state index contributed by atoms with van der Waals surface area (Å²) in [4.78, 5) is 23.0. The number of ether oxygens (including phenoxy) is 1. The third-order valence-electron chi connectivity index (χ3n) is 3.06. The predicted octanol–water partition coefficient (Wildman–Crippen LogP) is 1.47. The summed E-state index contributed by atoms with van der Waals surface area (Å²) in [6.45, 7) is 1.98. The Bertz CT molecular complexity index is 468. The Morgan fingerprint density at radius 1 is 1.28 bits per heavy atom. The molecule has 0 saturated carbocycles. The number of amides is 1. The first kappa shape index (κ1) is 12.6. The number of aryl methyl sites for hydroxylation is 2. The van der Waals surface area contributed by atoms with Crippen molar-refractivity contribution in [3.05, 3.63) is 34.9 Å². The molecular weight excluding hydrogens is 230 g/mol. The summed E-state index contributed by atoms with van der Waals surface area (Å²) in [5.74, 6) is -0.634. The normalized spacial score (nSPS) is 12.9. The van der Waals surface area contributed by atoms with E-state index in [-0.39, 0.29) is 12.5 Å².